The summed E-state index contributed by atoms with van der Waals surface area (Å²) in [5.41, 5.74) is 2.64. The highest BCUT2D eigenvalue weighted by molar-refractivity contribution is 6.13. The third kappa shape index (κ3) is 3.18. The topological polar surface area (TPSA) is 83.6 Å². The number of nitrogens with one attached hydrogen (secondary N) is 1. The van der Waals surface area contributed by atoms with Gasteiger partial charge in [0, 0.05) is 10.9 Å². The van der Waals surface area contributed by atoms with E-state index >= 15 is 0 Å². The van der Waals surface area contributed by atoms with Gasteiger partial charge in [0.1, 0.15) is 11.6 Å². The van der Waals surface area contributed by atoms with E-state index in [0.717, 1.165) is 27.2 Å². The van der Waals surface area contributed by atoms with Crippen LogP contribution in [-0.2, 0) is 0 Å². The molecule has 3 aromatic carbocycles. The molecule has 1 amide bonds. The van der Waals surface area contributed by atoms with Gasteiger partial charge in [-0.15, -0.1) is 0 Å². The quantitative estimate of drug-likeness (QED) is 0.459. The molecule has 0 saturated heterocycles. The highest BCUT2D eigenvalue weighted by atomic mass is 16.1. The van der Waals surface area contributed by atoms with E-state index in [0.29, 0.717) is 17.2 Å². The average Bonchev–Trinajstić information content (AvgIpc) is 3.21. The second kappa shape index (κ2) is 7.39. The molecule has 0 radical (unpaired) electrons. The number of pyridine rings is 1. The number of aryl methyl sites for hydroxylation is 1. The molecule has 5 aromatic rings. The Bertz CT molecular complexity index is 1500. The maximum atomic E-state index is 13.2. The second-order valence-electron chi connectivity index (χ2n) is 7.23. The van der Waals surface area contributed by atoms with Crippen LogP contribution in [0.5, 0.6) is 0 Å². The van der Waals surface area contributed by atoms with Crippen molar-refractivity contribution in [3.63, 3.8) is 0 Å². The third-order valence-corrected chi connectivity index (χ3v) is 5.28. The molecule has 0 bridgehead atoms. The predicted octanol–water partition coefficient (Wildman–Crippen LogP) is 5.01. The van der Waals surface area contributed by atoms with Gasteiger partial charge in [0.25, 0.3) is 5.91 Å². The highest BCUT2D eigenvalue weighted by Gasteiger charge is 2.19. The summed E-state index contributed by atoms with van der Waals surface area (Å²) in [6.45, 7) is 2.00. The van der Waals surface area contributed by atoms with Gasteiger partial charge >= 0.3 is 0 Å². The van der Waals surface area contributed by atoms with Crippen molar-refractivity contribution in [2.45, 2.75) is 6.92 Å². The van der Waals surface area contributed by atoms with Crippen LogP contribution in [-0.4, -0.2) is 20.7 Å². The summed E-state index contributed by atoms with van der Waals surface area (Å²) < 4.78 is 1.50. The van der Waals surface area contributed by atoms with E-state index in [2.05, 4.69) is 21.5 Å². The Morgan fingerprint density at radius 3 is 2.58 bits per heavy atom. The van der Waals surface area contributed by atoms with Crippen molar-refractivity contribution in [2.75, 3.05) is 5.32 Å². The number of hydrogen-bond acceptors (Lipinski definition) is 4. The molecule has 0 fully saturated rings. The smallest absolute Gasteiger partial charge is 0.257 e. The fourth-order valence-corrected chi connectivity index (χ4v) is 3.76. The summed E-state index contributed by atoms with van der Waals surface area (Å²) in [5.74, 6) is 0.515. The van der Waals surface area contributed by atoms with Gasteiger partial charge in [-0.25, -0.2) is 4.98 Å². The molecule has 6 heteroatoms. The summed E-state index contributed by atoms with van der Waals surface area (Å²) in [6.07, 6.45) is 1.44. The van der Waals surface area contributed by atoms with Crippen LogP contribution >= 0.6 is 0 Å². The van der Waals surface area contributed by atoms with Crippen molar-refractivity contribution < 1.29 is 4.79 Å². The summed E-state index contributed by atoms with van der Waals surface area (Å²) in [5, 5.41) is 19.6. The second-order valence-corrected chi connectivity index (χ2v) is 7.23. The van der Waals surface area contributed by atoms with E-state index in [-0.39, 0.29) is 11.5 Å². The highest BCUT2D eigenvalue weighted by Crippen LogP contribution is 2.25. The van der Waals surface area contributed by atoms with E-state index in [4.69, 9.17) is 0 Å². The zero-order valence-electron chi connectivity index (χ0n) is 16.7. The maximum Gasteiger partial charge on any atom is 0.257 e. The van der Waals surface area contributed by atoms with Crippen LogP contribution in [0.1, 0.15) is 21.5 Å². The van der Waals surface area contributed by atoms with Gasteiger partial charge in [-0.1, -0.05) is 54.6 Å². The van der Waals surface area contributed by atoms with Gasteiger partial charge in [0.15, 0.2) is 11.6 Å². The number of aromatic nitrogens is 3. The monoisotopic (exact) mass is 403 g/mol. The third-order valence-electron chi connectivity index (χ3n) is 5.28. The first-order chi connectivity index (χ1) is 15.2. The number of para-hydroxylation sites is 1. The molecule has 0 saturated carbocycles. The lowest BCUT2D eigenvalue weighted by atomic mass is 10.0. The van der Waals surface area contributed by atoms with Crippen molar-refractivity contribution in [1.82, 2.24) is 14.8 Å². The number of nitrogens with zero attached hydrogens (tertiary/aromatic N) is 4. The predicted molar refractivity (Wildman–Crippen MR) is 120 cm³/mol. The van der Waals surface area contributed by atoms with Gasteiger partial charge in [-0.2, -0.15) is 15.0 Å². The zero-order chi connectivity index (χ0) is 21.4. The molecular formula is C25H17N5O. The standard InChI is InChI=1S/C25H17N5O/c1-16-13-23(28-22-12-5-4-9-19(16)22)30-24(18(14-26)15-27-30)29-25(31)21-11-6-8-17-7-2-3-10-20(17)21/h2-13,15H,1H3,(H,29,31). The van der Waals surface area contributed by atoms with E-state index in [9.17, 15) is 10.1 Å². The van der Waals surface area contributed by atoms with Crippen LogP contribution in [0.3, 0.4) is 0 Å². The average molecular weight is 403 g/mol. The van der Waals surface area contributed by atoms with Crippen molar-refractivity contribution in [2.24, 2.45) is 0 Å². The number of anilines is 1. The number of amides is 1. The Morgan fingerprint density at radius 2 is 1.74 bits per heavy atom. The molecule has 0 aliphatic heterocycles. The first kappa shape index (κ1) is 18.5. The summed E-state index contributed by atoms with van der Waals surface area (Å²) in [7, 11) is 0. The van der Waals surface area contributed by atoms with Crippen molar-refractivity contribution in [3.05, 3.63) is 95.7 Å². The molecule has 148 valence electrons. The normalized spacial score (nSPS) is 10.8. The van der Waals surface area contributed by atoms with E-state index in [1.807, 2.05) is 73.7 Å². The van der Waals surface area contributed by atoms with Crippen LogP contribution in [0.15, 0.2) is 79.0 Å². The first-order valence-corrected chi connectivity index (χ1v) is 9.80. The van der Waals surface area contributed by atoms with Crippen LogP contribution in [0.4, 0.5) is 5.82 Å². The molecule has 2 heterocycles. The zero-order valence-corrected chi connectivity index (χ0v) is 16.7. The van der Waals surface area contributed by atoms with Gasteiger partial charge in [0.2, 0.25) is 0 Å². The first-order valence-electron chi connectivity index (χ1n) is 9.80. The summed E-state index contributed by atoms with van der Waals surface area (Å²) in [6, 6.07) is 25.1. The van der Waals surface area contributed by atoms with Gasteiger partial charge in [0.05, 0.1) is 11.7 Å². The Morgan fingerprint density at radius 1 is 1.00 bits per heavy atom. The number of fused-ring (bicyclic) bond motifs is 2. The Hall–Kier alpha value is -4.50. The maximum absolute atomic E-state index is 13.2. The van der Waals surface area contributed by atoms with Crippen LogP contribution < -0.4 is 5.32 Å². The number of hydrogen-bond donors (Lipinski definition) is 1. The molecule has 0 atom stereocenters. The van der Waals surface area contributed by atoms with Crippen LogP contribution in [0.25, 0.3) is 27.5 Å². The van der Waals surface area contributed by atoms with Crippen LogP contribution in [0.2, 0.25) is 0 Å². The van der Waals surface area contributed by atoms with Crippen molar-refractivity contribution in [1.29, 1.82) is 5.26 Å². The van der Waals surface area contributed by atoms with E-state index < -0.39 is 0 Å². The molecule has 1 N–H and O–H groups in total. The van der Waals surface area contributed by atoms with E-state index in [1.165, 1.54) is 10.9 Å². The minimum absolute atomic E-state index is 0.265. The molecular weight excluding hydrogens is 386 g/mol. The largest absolute Gasteiger partial charge is 0.305 e. The number of benzene rings is 3. The molecule has 6 nitrogen and oxygen atoms in total. The lowest BCUT2D eigenvalue weighted by molar-refractivity contribution is 0.102. The number of carbonyl (C=O) groups is 1. The minimum Gasteiger partial charge on any atom is -0.305 e. The molecule has 0 spiro atoms. The van der Waals surface area contributed by atoms with Gasteiger partial charge in [-0.05, 0) is 41.5 Å². The van der Waals surface area contributed by atoms with Crippen molar-refractivity contribution >= 4 is 33.4 Å². The number of rotatable bonds is 3. The SMILES string of the molecule is Cc1cc(-n2ncc(C#N)c2NC(=O)c2cccc3ccccc23)nc2ccccc12. The lowest BCUT2D eigenvalue weighted by Gasteiger charge is -2.12. The summed E-state index contributed by atoms with van der Waals surface area (Å²) in [4.78, 5) is 17.9. The van der Waals surface area contributed by atoms with E-state index in [1.54, 1.807) is 6.07 Å². The minimum atomic E-state index is -0.312. The van der Waals surface area contributed by atoms with Crippen LogP contribution in [0, 0.1) is 18.3 Å². The fourth-order valence-electron chi connectivity index (χ4n) is 3.76. The van der Waals surface area contributed by atoms with Gasteiger partial charge < -0.3 is 5.32 Å². The number of nitriles is 1. The Labute approximate surface area is 178 Å². The molecule has 0 aliphatic carbocycles. The Balaban J connectivity index is 1.60. The lowest BCUT2D eigenvalue weighted by Crippen LogP contribution is -2.17. The summed E-state index contributed by atoms with van der Waals surface area (Å²) >= 11 is 0. The fraction of sp³-hybridized carbons (Fsp3) is 0.0400. The Kier molecular flexibility index (Phi) is 4.42. The molecule has 0 unspecified atom stereocenters. The number of carbonyl (C=O) groups excluding carboxylic acids is 1. The molecule has 5 rings (SSSR count). The molecule has 0 aliphatic rings. The van der Waals surface area contributed by atoms with Crippen molar-refractivity contribution in [3.8, 4) is 11.9 Å². The molecule has 2 aromatic heterocycles. The van der Waals surface area contributed by atoms with Gasteiger partial charge in [-0.3, -0.25) is 4.79 Å². The molecule has 31 heavy (non-hydrogen) atoms.